The number of aryl methyl sites for hydroxylation is 2. The molecule has 1 aromatic rings. The minimum Gasteiger partial charge on any atom is -0.320 e. The van der Waals surface area contributed by atoms with Gasteiger partial charge in [-0.3, -0.25) is 5.10 Å². The van der Waals surface area contributed by atoms with E-state index in [1.807, 2.05) is 13.2 Å². The number of aromatic amines is 1. The summed E-state index contributed by atoms with van der Waals surface area (Å²) in [6.07, 6.45) is 6.58. The van der Waals surface area contributed by atoms with Crippen LogP contribution in [0.15, 0.2) is 6.20 Å². The van der Waals surface area contributed by atoms with Crippen LogP contribution in [-0.2, 0) is 12.8 Å². The van der Waals surface area contributed by atoms with Gasteiger partial charge in [-0.05, 0) is 38.4 Å². The molecule has 3 nitrogen and oxygen atoms in total. The molecule has 1 rings (SSSR count). The van der Waals surface area contributed by atoms with Crippen molar-refractivity contribution in [2.45, 2.75) is 32.6 Å². The molecule has 2 N–H and O–H groups in total. The van der Waals surface area contributed by atoms with Gasteiger partial charge in [0.2, 0.25) is 0 Å². The largest absolute Gasteiger partial charge is 0.320 e. The molecule has 74 valence electrons. The number of nitrogens with one attached hydrogen (secondary N) is 2. The van der Waals surface area contributed by atoms with E-state index in [-0.39, 0.29) is 0 Å². The standard InChI is InChI=1S/C10H19N3/c1-3-5-10-9(8-12-13-10)6-4-7-11-2/h8,11H,3-7H2,1-2H3,(H,12,13). The third kappa shape index (κ3) is 3.19. The average molecular weight is 181 g/mol. The van der Waals surface area contributed by atoms with Crippen LogP contribution in [-0.4, -0.2) is 23.8 Å². The van der Waals surface area contributed by atoms with E-state index in [4.69, 9.17) is 0 Å². The monoisotopic (exact) mass is 181 g/mol. The van der Waals surface area contributed by atoms with Crippen LogP contribution in [0.2, 0.25) is 0 Å². The van der Waals surface area contributed by atoms with Gasteiger partial charge in [0.25, 0.3) is 0 Å². The molecule has 13 heavy (non-hydrogen) atoms. The van der Waals surface area contributed by atoms with Crippen molar-refractivity contribution in [2.75, 3.05) is 13.6 Å². The molecule has 0 aliphatic rings. The van der Waals surface area contributed by atoms with Gasteiger partial charge in [0.05, 0.1) is 6.20 Å². The molecule has 0 atom stereocenters. The van der Waals surface area contributed by atoms with Crippen LogP contribution in [0.3, 0.4) is 0 Å². The van der Waals surface area contributed by atoms with Crippen molar-refractivity contribution < 1.29 is 0 Å². The van der Waals surface area contributed by atoms with Gasteiger partial charge in [-0.15, -0.1) is 0 Å². The predicted molar refractivity (Wildman–Crippen MR) is 54.8 cm³/mol. The number of aromatic nitrogens is 2. The van der Waals surface area contributed by atoms with Crippen molar-refractivity contribution in [1.82, 2.24) is 15.5 Å². The number of rotatable bonds is 6. The van der Waals surface area contributed by atoms with Crippen molar-refractivity contribution in [3.05, 3.63) is 17.5 Å². The van der Waals surface area contributed by atoms with E-state index >= 15 is 0 Å². The van der Waals surface area contributed by atoms with Crippen LogP contribution in [0, 0.1) is 0 Å². The summed E-state index contributed by atoms with van der Waals surface area (Å²) in [5, 5.41) is 10.3. The highest BCUT2D eigenvalue weighted by atomic mass is 15.1. The summed E-state index contributed by atoms with van der Waals surface area (Å²) in [7, 11) is 1.99. The van der Waals surface area contributed by atoms with Crippen LogP contribution in [0.5, 0.6) is 0 Å². The Morgan fingerprint density at radius 3 is 3.00 bits per heavy atom. The summed E-state index contributed by atoms with van der Waals surface area (Å²) < 4.78 is 0. The van der Waals surface area contributed by atoms with E-state index in [1.165, 1.54) is 24.1 Å². The molecule has 0 radical (unpaired) electrons. The fourth-order valence-electron chi connectivity index (χ4n) is 1.48. The lowest BCUT2D eigenvalue weighted by molar-refractivity contribution is 0.718. The van der Waals surface area contributed by atoms with Crippen LogP contribution < -0.4 is 5.32 Å². The molecule has 0 unspecified atom stereocenters. The first-order chi connectivity index (χ1) is 6.38. The van der Waals surface area contributed by atoms with Crippen molar-refractivity contribution >= 4 is 0 Å². The van der Waals surface area contributed by atoms with Gasteiger partial charge in [-0.1, -0.05) is 13.3 Å². The Labute approximate surface area is 79.9 Å². The Hall–Kier alpha value is -0.830. The zero-order chi connectivity index (χ0) is 9.52. The van der Waals surface area contributed by atoms with E-state index in [0.29, 0.717) is 0 Å². The number of nitrogens with zero attached hydrogens (tertiary/aromatic N) is 1. The molecule has 0 saturated carbocycles. The highest BCUT2D eigenvalue weighted by molar-refractivity contribution is 5.16. The van der Waals surface area contributed by atoms with Gasteiger partial charge in [-0.25, -0.2) is 0 Å². The van der Waals surface area contributed by atoms with E-state index < -0.39 is 0 Å². The smallest absolute Gasteiger partial charge is 0.0522 e. The third-order valence-corrected chi connectivity index (χ3v) is 2.18. The highest BCUT2D eigenvalue weighted by Gasteiger charge is 2.02. The van der Waals surface area contributed by atoms with E-state index in [1.54, 1.807) is 0 Å². The summed E-state index contributed by atoms with van der Waals surface area (Å²) in [5.74, 6) is 0. The molecule has 1 heterocycles. The molecule has 0 aliphatic heterocycles. The first-order valence-corrected chi connectivity index (χ1v) is 5.04. The van der Waals surface area contributed by atoms with Crippen molar-refractivity contribution in [1.29, 1.82) is 0 Å². The predicted octanol–water partition coefficient (Wildman–Crippen LogP) is 1.51. The lowest BCUT2D eigenvalue weighted by Gasteiger charge is -2.01. The van der Waals surface area contributed by atoms with Crippen molar-refractivity contribution in [2.24, 2.45) is 0 Å². The summed E-state index contributed by atoms with van der Waals surface area (Å²) in [4.78, 5) is 0. The van der Waals surface area contributed by atoms with Crippen molar-refractivity contribution in [3.8, 4) is 0 Å². The minimum absolute atomic E-state index is 1.08. The SMILES string of the molecule is CCCc1[nH]ncc1CCCNC. The van der Waals surface area contributed by atoms with E-state index in [0.717, 1.165) is 19.4 Å². The molecule has 0 aliphatic carbocycles. The zero-order valence-corrected chi connectivity index (χ0v) is 8.56. The lowest BCUT2D eigenvalue weighted by atomic mass is 10.1. The Morgan fingerprint density at radius 2 is 2.31 bits per heavy atom. The highest BCUT2D eigenvalue weighted by Crippen LogP contribution is 2.09. The first-order valence-electron chi connectivity index (χ1n) is 5.04. The van der Waals surface area contributed by atoms with Gasteiger partial charge >= 0.3 is 0 Å². The Morgan fingerprint density at radius 1 is 1.46 bits per heavy atom. The van der Waals surface area contributed by atoms with Crippen LogP contribution in [0.25, 0.3) is 0 Å². The lowest BCUT2D eigenvalue weighted by Crippen LogP contribution is -2.08. The molecule has 3 heteroatoms. The average Bonchev–Trinajstić information content (AvgIpc) is 2.54. The molecule has 0 saturated heterocycles. The van der Waals surface area contributed by atoms with E-state index in [9.17, 15) is 0 Å². The molecule has 0 aromatic carbocycles. The molecule has 0 fully saturated rings. The Bertz CT molecular complexity index is 230. The Kier molecular flexibility index (Phi) is 4.54. The van der Waals surface area contributed by atoms with Crippen LogP contribution in [0.4, 0.5) is 0 Å². The molecule has 1 aromatic heterocycles. The maximum absolute atomic E-state index is 4.07. The molecule has 0 spiro atoms. The minimum atomic E-state index is 1.08. The van der Waals surface area contributed by atoms with Gasteiger partial charge in [0.1, 0.15) is 0 Å². The van der Waals surface area contributed by atoms with E-state index in [2.05, 4.69) is 22.4 Å². The number of hydrogen-bond donors (Lipinski definition) is 2. The topological polar surface area (TPSA) is 40.7 Å². The maximum Gasteiger partial charge on any atom is 0.0522 e. The third-order valence-electron chi connectivity index (χ3n) is 2.18. The summed E-state index contributed by atoms with van der Waals surface area (Å²) in [6, 6.07) is 0. The van der Waals surface area contributed by atoms with Gasteiger partial charge in [0, 0.05) is 5.69 Å². The maximum atomic E-state index is 4.07. The normalized spacial score (nSPS) is 10.6. The zero-order valence-electron chi connectivity index (χ0n) is 8.56. The Balaban J connectivity index is 2.40. The second kappa shape index (κ2) is 5.75. The number of hydrogen-bond acceptors (Lipinski definition) is 2. The summed E-state index contributed by atoms with van der Waals surface area (Å²) >= 11 is 0. The van der Waals surface area contributed by atoms with Crippen LogP contribution >= 0.6 is 0 Å². The fraction of sp³-hybridized carbons (Fsp3) is 0.700. The van der Waals surface area contributed by atoms with Gasteiger partial charge < -0.3 is 5.32 Å². The second-order valence-corrected chi connectivity index (χ2v) is 3.33. The summed E-state index contributed by atoms with van der Waals surface area (Å²) in [5.41, 5.74) is 2.70. The molecular formula is C10H19N3. The molecular weight excluding hydrogens is 162 g/mol. The quantitative estimate of drug-likeness (QED) is 0.653. The molecule has 0 bridgehead atoms. The van der Waals surface area contributed by atoms with Gasteiger partial charge in [-0.2, -0.15) is 5.10 Å². The second-order valence-electron chi connectivity index (χ2n) is 3.33. The van der Waals surface area contributed by atoms with Crippen molar-refractivity contribution in [3.63, 3.8) is 0 Å². The van der Waals surface area contributed by atoms with Gasteiger partial charge in [0.15, 0.2) is 0 Å². The van der Waals surface area contributed by atoms with Crippen LogP contribution in [0.1, 0.15) is 31.0 Å². The molecule has 0 amide bonds. The first kappa shape index (κ1) is 10.3. The fourth-order valence-corrected chi connectivity index (χ4v) is 1.48. The summed E-state index contributed by atoms with van der Waals surface area (Å²) in [6.45, 7) is 3.27. The number of H-pyrrole nitrogens is 1.